The summed E-state index contributed by atoms with van der Waals surface area (Å²) >= 11 is 0. The Morgan fingerprint density at radius 2 is 2.00 bits per heavy atom. The van der Waals surface area contributed by atoms with Crippen LogP contribution in [0.5, 0.6) is 0 Å². The summed E-state index contributed by atoms with van der Waals surface area (Å²) in [5, 5.41) is 4.21. The zero-order valence-electron chi connectivity index (χ0n) is 14.7. The van der Waals surface area contributed by atoms with E-state index in [9.17, 15) is 4.79 Å². The Bertz CT molecular complexity index is 720. The summed E-state index contributed by atoms with van der Waals surface area (Å²) in [6, 6.07) is 10.3. The van der Waals surface area contributed by atoms with Crippen molar-refractivity contribution >= 4 is 5.91 Å². The number of hydrogen-bond acceptors (Lipinski definition) is 3. The number of piperidine rings is 1. The van der Waals surface area contributed by atoms with Crippen LogP contribution in [-0.4, -0.2) is 39.8 Å². The molecule has 4 rings (SSSR count). The first kappa shape index (κ1) is 16.3. The summed E-state index contributed by atoms with van der Waals surface area (Å²) in [6.07, 6.45) is 7.02. The molecule has 5 heteroatoms. The van der Waals surface area contributed by atoms with Crippen molar-refractivity contribution in [1.82, 2.24) is 14.7 Å². The number of aryl methyl sites for hydroxylation is 1. The Labute approximate surface area is 148 Å². The zero-order chi connectivity index (χ0) is 17.2. The molecule has 1 aliphatic carbocycles. The van der Waals surface area contributed by atoms with Gasteiger partial charge in [-0.2, -0.15) is 5.10 Å². The fourth-order valence-electron chi connectivity index (χ4n) is 3.73. The molecule has 0 unspecified atom stereocenters. The van der Waals surface area contributed by atoms with Gasteiger partial charge in [-0.05, 0) is 36.3 Å². The van der Waals surface area contributed by atoms with Crippen molar-refractivity contribution in [2.75, 3.05) is 13.1 Å². The van der Waals surface area contributed by atoms with E-state index in [0.29, 0.717) is 18.4 Å². The van der Waals surface area contributed by atoms with E-state index in [1.807, 2.05) is 47.2 Å². The molecule has 1 amide bonds. The van der Waals surface area contributed by atoms with Crippen LogP contribution in [0.25, 0.3) is 0 Å². The van der Waals surface area contributed by atoms with Crippen molar-refractivity contribution in [3.8, 4) is 0 Å². The van der Waals surface area contributed by atoms with Gasteiger partial charge in [0, 0.05) is 32.3 Å². The van der Waals surface area contributed by atoms with Gasteiger partial charge in [0.25, 0.3) is 0 Å². The normalized spacial score (nSPS) is 23.6. The highest BCUT2D eigenvalue weighted by atomic mass is 16.5. The smallest absolute Gasteiger partial charge is 0.226 e. The predicted molar refractivity (Wildman–Crippen MR) is 94.9 cm³/mol. The van der Waals surface area contributed by atoms with Gasteiger partial charge in [-0.1, -0.05) is 30.3 Å². The molecule has 0 spiro atoms. The number of amides is 1. The van der Waals surface area contributed by atoms with E-state index in [2.05, 4.69) is 17.2 Å². The zero-order valence-corrected chi connectivity index (χ0v) is 14.7. The van der Waals surface area contributed by atoms with Crippen molar-refractivity contribution in [3.05, 3.63) is 53.9 Å². The third kappa shape index (κ3) is 3.76. The van der Waals surface area contributed by atoms with Gasteiger partial charge >= 0.3 is 0 Å². The third-order valence-electron chi connectivity index (χ3n) is 5.34. The summed E-state index contributed by atoms with van der Waals surface area (Å²) in [7, 11) is 1.92. The quantitative estimate of drug-likeness (QED) is 0.841. The van der Waals surface area contributed by atoms with Crippen LogP contribution in [0.15, 0.2) is 42.7 Å². The summed E-state index contributed by atoms with van der Waals surface area (Å²) in [6.45, 7) is 2.29. The number of nitrogens with zero attached hydrogens (tertiary/aromatic N) is 3. The topological polar surface area (TPSA) is 47.4 Å². The first-order valence-corrected chi connectivity index (χ1v) is 9.13. The average molecular weight is 339 g/mol. The standard InChI is InChI=1S/C20H25N3O2/c1-22-13-16(12-21-22)18-11-19(18)20(24)23-9-7-17(8-10-23)25-14-15-5-3-2-4-6-15/h2-6,12-13,17-19H,7-11,14H2,1H3/t18-,19+/m0/s1. The number of carbonyl (C=O) groups excluding carboxylic acids is 1. The molecule has 1 aromatic heterocycles. The molecule has 0 radical (unpaired) electrons. The fourth-order valence-corrected chi connectivity index (χ4v) is 3.73. The largest absolute Gasteiger partial charge is 0.373 e. The molecule has 0 bridgehead atoms. The monoisotopic (exact) mass is 339 g/mol. The van der Waals surface area contributed by atoms with E-state index in [4.69, 9.17) is 4.74 Å². The third-order valence-corrected chi connectivity index (χ3v) is 5.34. The molecule has 2 atom stereocenters. The highest BCUT2D eigenvalue weighted by molar-refractivity contribution is 5.83. The van der Waals surface area contributed by atoms with E-state index in [-0.39, 0.29) is 12.0 Å². The molecule has 2 fully saturated rings. The van der Waals surface area contributed by atoms with E-state index in [1.165, 1.54) is 11.1 Å². The van der Waals surface area contributed by atoms with Gasteiger partial charge in [0.1, 0.15) is 0 Å². The molecule has 5 nitrogen and oxygen atoms in total. The molecule has 2 heterocycles. The summed E-state index contributed by atoms with van der Waals surface area (Å²) in [4.78, 5) is 14.7. The second-order valence-corrected chi connectivity index (χ2v) is 7.22. The molecule has 1 aliphatic heterocycles. The number of benzene rings is 1. The van der Waals surface area contributed by atoms with Crippen LogP contribution in [0.4, 0.5) is 0 Å². The molecule has 1 aromatic carbocycles. The maximum atomic E-state index is 12.7. The summed E-state index contributed by atoms with van der Waals surface area (Å²) in [5.41, 5.74) is 2.40. The lowest BCUT2D eigenvalue weighted by Gasteiger charge is -2.32. The molecular weight excluding hydrogens is 314 g/mol. The number of rotatable bonds is 5. The summed E-state index contributed by atoms with van der Waals surface area (Å²) < 4.78 is 7.83. The fraction of sp³-hybridized carbons (Fsp3) is 0.500. The minimum atomic E-state index is 0.158. The maximum absolute atomic E-state index is 12.7. The predicted octanol–water partition coefficient (Wildman–Crippen LogP) is 2.73. The lowest BCUT2D eigenvalue weighted by Crippen LogP contribution is -2.41. The van der Waals surface area contributed by atoms with Crippen molar-refractivity contribution in [1.29, 1.82) is 0 Å². The first-order chi connectivity index (χ1) is 12.2. The van der Waals surface area contributed by atoms with Gasteiger partial charge < -0.3 is 9.64 Å². The van der Waals surface area contributed by atoms with Gasteiger partial charge in [0.15, 0.2) is 0 Å². The highest BCUT2D eigenvalue weighted by Gasteiger charge is 2.46. The first-order valence-electron chi connectivity index (χ1n) is 9.13. The lowest BCUT2D eigenvalue weighted by molar-refractivity contribution is -0.135. The van der Waals surface area contributed by atoms with Gasteiger partial charge in [0.2, 0.25) is 5.91 Å². The van der Waals surface area contributed by atoms with E-state index in [1.54, 1.807) is 0 Å². The number of aromatic nitrogens is 2. The molecule has 25 heavy (non-hydrogen) atoms. The minimum Gasteiger partial charge on any atom is -0.373 e. The van der Waals surface area contributed by atoms with Crippen LogP contribution in [0.1, 0.15) is 36.3 Å². The molecule has 0 N–H and O–H groups in total. The van der Waals surface area contributed by atoms with Crippen LogP contribution in [0.3, 0.4) is 0 Å². The number of likely N-dealkylation sites (tertiary alicyclic amines) is 1. The SMILES string of the molecule is Cn1cc([C@@H]2C[C@H]2C(=O)N2CCC(OCc3ccccc3)CC2)cn1. The average Bonchev–Trinajstić information content (AvgIpc) is 3.34. The Balaban J connectivity index is 1.23. The molecule has 2 aliphatic rings. The van der Waals surface area contributed by atoms with Gasteiger partial charge in [-0.15, -0.1) is 0 Å². The van der Waals surface area contributed by atoms with E-state index < -0.39 is 0 Å². The van der Waals surface area contributed by atoms with Crippen LogP contribution in [0, 0.1) is 5.92 Å². The maximum Gasteiger partial charge on any atom is 0.226 e. The van der Waals surface area contributed by atoms with Crippen LogP contribution in [-0.2, 0) is 23.2 Å². The van der Waals surface area contributed by atoms with Gasteiger partial charge in [-0.25, -0.2) is 0 Å². The Kier molecular flexibility index (Phi) is 4.57. The molecule has 1 saturated carbocycles. The van der Waals surface area contributed by atoms with Crippen molar-refractivity contribution in [2.24, 2.45) is 13.0 Å². The highest BCUT2D eigenvalue weighted by Crippen LogP contribution is 2.48. The summed E-state index contributed by atoms with van der Waals surface area (Å²) in [5.74, 6) is 0.842. The van der Waals surface area contributed by atoms with Crippen LogP contribution >= 0.6 is 0 Å². The van der Waals surface area contributed by atoms with Crippen molar-refractivity contribution < 1.29 is 9.53 Å². The Morgan fingerprint density at radius 1 is 1.24 bits per heavy atom. The van der Waals surface area contributed by atoms with Crippen LogP contribution in [0.2, 0.25) is 0 Å². The van der Waals surface area contributed by atoms with Crippen LogP contribution < -0.4 is 0 Å². The molecular formula is C20H25N3O2. The minimum absolute atomic E-state index is 0.158. The number of hydrogen-bond donors (Lipinski definition) is 0. The molecule has 2 aromatic rings. The van der Waals surface area contributed by atoms with Gasteiger partial charge in [-0.3, -0.25) is 9.48 Å². The van der Waals surface area contributed by atoms with Crippen molar-refractivity contribution in [3.63, 3.8) is 0 Å². The molecule has 132 valence electrons. The van der Waals surface area contributed by atoms with E-state index in [0.717, 1.165) is 32.4 Å². The Hall–Kier alpha value is -2.14. The second-order valence-electron chi connectivity index (χ2n) is 7.22. The number of carbonyl (C=O) groups is 1. The second kappa shape index (κ2) is 7.00. The Morgan fingerprint density at radius 3 is 2.68 bits per heavy atom. The van der Waals surface area contributed by atoms with E-state index >= 15 is 0 Å². The lowest BCUT2D eigenvalue weighted by atomic mass is 10.1. The van der Waals surface area contributed by atoms with Gasteiger partial charge in [0.05, 0.1) is 18.9 Å². The molecule has 1 saturated heterocycles. The van der Waals surface area contributed by atoms with Crippen molar-refractivity contribution in [2.45, 2.75) is 37.9 Å². The number of ether oxygens (including phenoxy) is 1.